The first-order chi connectivity index (χ1) is 20.4. The highest BCUT2D eigenvalue weighted by atomic mass is 28.4. The molecule has 1 amide bonds. The number of carbonyl (C=O) groups excluding carboxylic acids is 1. The second kappa shape index (κ2) is 10.4. The average molecular weight is 601 g/mol. The number of carboxylic acid groups (broad SMARTS) is 1. The summed E-state index contributed by atoms with van der Waals surface area (Å²) in [6.45, 7) is 7.88. The molecule has 4 atom stereocenters. The van der Waals surface area contributed by atoms with E-state index in [4.69, 9.17) is 8.84 Å². The third-order valence-electron chi connectivity index (χ3n) is 8.35. The lowest BCUT2D eigenvalue weighted by molar-refractivity contribution is -0.384. The van der Waals surface area contributed by atoms with Crippen molar-refractivity contribution in [3.63, 3.8) is 0 Å². The molecule has 0 aliphatic carbocycles. The summed E-state index contributed by atoms with van der Waals surface area (Å²) in [7, 11) is -2.03. The van der Waals surface area contributed by atoms with Crippen LogP contribution in [0.2, 0.25) is 19.6 Å². The number of carbonyl (C=O) groups is 2. The molecule has 2 aliphatic heterocycles. The number of hydrogen-bond acceptors (Lipinski definition) is 7. The summed E-state index contributed by atoms with van der Waals surface area (Å²) in [6.07, 6.45) is -0.0759. The lowest BCUT2D eigenvalue weighted by atomic mass is 9.73. The Bertz CT molecular complexity index is 1820. The van der Waals surface area contributed by atoms with Crippen LogP contribution in [0.15, 0.2) is 70.8 Å². The van der Waals surface area contributed by atoms with Gasteiger partial charge in [0.05, 0.1) is 29.6 Å². The fraction of sp³-hybridized carbons (Fsp3) is 0.312. The number of fused-ring (bicyclic) bond motifs is 4. The van der Waals surface area contributed by atoms with Crippen LogP contribution in [-0.2, 0) is 27.0 Å². The smallest absolute Gasteiger partial charge is 0.352 e. The summed E-state index contributed by atoms with van der Waals surface area (Å²) in [5, 5.41) is 33.1. The van der Waals surface area contributed by atoms with Gasteiger partial charge in [-0.05, 0) is 61.8 Å². The van der Waals surface area contributed by atoms with Gasteiger partial charge in [0.2, 0.25) is 5.91 Å². The Morgan fingerprint density at radius 3 is 2.42 bits per heavy atom. The number of furan rings is 1. The van der Waals surface area contributed by atoms with Gasteiger partial charge in [0.15, 0.2) is 8.32 Å². The number of carboxylic acids is 1. The molecule has 10 nitrogen and oxygen atoms in total. The van der Waals surface area contributed by atoms with Crippen LogP contribution in [0.3, 0.4) is 0 Å². The number of aliphatic carboxylic acids is 1. The molecule has 222 valence electrons. The Labute approximate surface area is 248 Å². The zero-order chi connectivity index (χ0) is 30.8. The van der Waals surface area contributed by atoms with E-state index < -0.39 is 43.2 Å². The molecule has 2 N–H and O–H groups in total. The van der Waals surface area contributed by atoms with Gasteiger partial charge in [-0.2, -0.15) is 0 Å². The van der Waals surface area contributed by atoms with Crippen molar-refractivity contribution in [3.8, 4) is 0 Å². The summed E-state index contributed by atoms with van der Waals surface area (Å²) in [5.41, 5.74) is 3.52. The van der Waals surface area contributed by atoms with Crippen molar-refractivity contribution in [3.05, 3.63) is 93.2 Å². The summed E-state index contributed by atoms with van der Waals surface area (Å²) in [6, 6.07) is 16.7. The Balaban J connectivity index is 1.53. The van der Waals surface area contributed by atoms with Crippen LogP contribution in [0.1, 0.15) is 23.6 Å². The van der Waals surface area contributed by atoms with E-state index in [9.17, 15) is 29.9 Å². The Morgan fingerprint density at radius 2 is 1.79 bits per heavy atom. The standard InChI is InChI=1S/C32H32N2O8Si/c1-17(42-43(2,3)4)26-28-24(14-18-8-11-20(12-9-18)34(39)40)27(29(32(37)38)33(28)31(26)36)22-7-5-6-21-23-15-19(16-35)10-13-25(23)41-30(21)22/h5-13,15,17,24,26,28,35H,14,16H2,1-4H3,(H,37,38)/t17-,24?,26-,28-/m1/s1. The van der Waals surface area contributed by atoms with E-state index >= 15 is 0 Å². The van der Waals surface area contributed by atoms with Crippen LogP contribution in [0.5, 0.6) is 0 Å². The highest BCUT2D eigenvalue weighted by molar-refractivity contribution is 6.69. The van der Waals surface area contributed by atoms with Crippen LogP contribution >= 0.6 is 0 Å². The maximum absolute atomic E-state index is 13.7. The molecule has 3 heterocycles. The minimum absolute atomic E-state index is 0.0399. The van der Waals surface area contributed by atoms with Gasteiger partial charge >= 0.3 is 5.97 Å². The molecule has 11 heteroatoms. The molecule has 0 radical (unpaired) electrons. The fourth-order valence-electron chi connectivity index (χ4n) is 6.74. The van der Waals surface area contributed by atoms with E-state index in [1.165, 1.54) is 17.0 Å². The second-order valence-electron chi connectivity index (χ2n) is 12.2. The first kappa shape index (κ1) is 28.8. The molecular weight excluding hydrogens is 568 g/mol. The van der Waals surface area contributed by atoms with Crippen LogP contribution in [0, 0.1) is 22.0 Å². The van der Waals surface area contributed by atoms with Crippen molar-refractivity contribution in [2.24, 2.45) is 11.8 Å². The number of β-lactam (4-membered cyclic amide) rings is 1. The van der Waals surface area contributed by atoms with E-state index in [0.717, 1.165) is 21.9 Å². The normalized spacial score (nSPS) is 20.9. The van der Waals surface area contributed by atoms with Gasteiger partial charge < -0.3 is 24.0 Å². The molecule has 0 saturated carbocycles. The molecule has 0 bridgehead atoms. The van der Waals surface area contributed by atoms with Crippen LogP contribution in [0.4, 0.5) is 5.69 Å². The van der Waals surface area contributed by atoms with E-state index in [1.807, 2.05) is 50.8 Å². The maximum Gasteiger partial charge on any atom is 0.352 e. The number of amides is 1. The van der Waals surface area contributed by atoms with Crippen molar-refractivity contribution in [1.82, 2.24) is 4.90 Å². The number of hydrogen-bond donors (Lipinski definition) is 2. The lowest BCUT2D eigenvalue weighted by Gasteiger charge is -2.49. The number of para-hydroxylation sites is 1. The van der Waals surface area contributed by atoms with Gasteiger partial charge in [-0.3, -0.25) is 14.9 Å². The highest BCUT2D eigenvalue weighted by Gasteiger charge is 2.62. The number of non-ortho nitro benzene ring substituents is 1. The van der Waals surface area contributed by atoms with Gasteiger partial charge in [0, 0.05) is 34.4 Å². The van der Waals surface area contributed by atoms with Crippen molar-refractivity contribution < 1.29 is 33.6 Å². The molecule has 1 aromatic heterocycles. The Morgan fingerprint density at radius 1 is 1.09 bits per heavy atom. The van der Waals surface area contributed by atoms with Gasteiger partial charge in [0.1, 0.15) is 16.9 Å². The van der Waals surface area contributed by atoms with Crippen LogP contribution in [0.25, 0.3) is 27.5 Å². The Kier molecular flexibility index (Phi) is 6.99. The third kappa shape index (κ3) is 4.83. The zero-order valence-electron chi connectivity index (χ0n) is 24.2. The largest absolute Gasteiger partial charge is 0.477 e. The maximum atomic E-state index is 13.7. The number of aliphatic hydroxyl groups is 1. The monoisotopic (exact) mass is 600 g/mol. The van der Waals surface area contributed by atoms with E-state index in [0.29, 0.717) is 28.7 Å². The highest BCUT2D eigenvalue weighted by Crippen LogP contribution is 2.53. The number of nitrogens with zero attached hydrogens (tertiary/aromatic N) is 2. The molecular formula is C32H32N2O8Si. The molecule has 6 rings (SSSR count). The quantitative estimate of drug-likeness (QED) is 0.107. The topological polar surface area (TPSA) is 143 Å². The van der Waals surface area contributed by atoms with E-state index in [1.54, 1.807) is 24.3 Å². The number of benzene rings is 3. The summed E-state index contributed by atoms with van der Waals surface area (Å²) >= 11 is 0. The van der Waals surface area contributed by atoms with Gasteiger partial charge in [-0.15, -0.1) is 0 Å². The van der Waals surface area contributed by atoms with Gasteiger partial charge in [-0.1, -0.05) is 36.4 Å². The van der Waals surface area contributed by atoms with E-state index in [-0.39, 0.29) is 23.9 Å². The number of rotatable bonds is 9. The van der Waals surface area contributed by atoms with Crippen molar-refractivity contribution in [2.45, 2.75) is 51.7 Å². The van der Waals surface area contributed by atoms with Crippen molar-refractivity contribution in [1.29, 1.82) is 0 Å². The SMILES string of the molecule is C[C@@H](O[Si](C)(C)C)[C@H]1C(=O)N2C(C(=O)O)=C(c3cccc4c3oc3ccc(CO)cc34)C(Cc3ccc([N+](=O)[O-])cc3)[C@H]12. The third-order valence-corrected chi connectivity index (χ3v) is 9.43. The molecule has 3 aromatic carbocycles. The predicted octanol–water partition coefficient (Wildman–Crippen LogP) is 5.72. The minimum atomic E-state index is -2.03. The van der Waals surface area contributed by atoms with Crippen molar-refractivity contribution in [2.75, 3.05) is 0 Å². The fourth-order valence-corrected chi connectivity index (χ4v) is 8.00. The summed E-state index contributed by atoms with van der Waals surface area (Å²) in [5.74, 6) is -2.51. The molecule has 0 spiro atoms. The van der Waals surface area contributed by atoms with Gasteiger partial charge in [-0.25, -0.2) is 4.79 Å². The molecule has 1 saturated heterocycles. The van der Waals surface area contributed by atoms with Crippen LogP contribution in [-0.4, -0.2) is 52.4 Å². The molecule has 2 aliphatic rings. The molecule has 1 unspecified atom stereocenters. The average Bonchev–Trinajstić information content (AvgIpc) is 3.45. The first-order valence-electron chi connectivity index (χ1n) is 14.2. The molecule has 43 heavy (non-hydrogen) atoms. The van der Waals surface area contributed by atoms with Crippen molar-refractivity contribution >= 4 is 53.4 Å². The number of nitro groups is 1. The first-order valence-corrected chi connectivity index (χ1v) is 17.6. The van der Waals surface area contributed by atoms with Crippen LogP contribution < -0.4 is 0 Å². The Hall–Kier alpha value is -4.32. The second-order valence-corrected chi connectivity index (χ2v) is 16.7. The zero-order valence-corrected chi connectivity index (χ0v) is 25.2. The number of aliphatic hydroxyl groups excluding tert-OH is 1. The number of nitro benzene ring substituents is 1. The van der Waals surface area contributed by atoms with Gasteiger partial charge in [0.25, 0.3) is 5.69 Å². The lowest BCUT2D eigenvalue weighted by Crippen LogP contribution is -2.65. The summed E-state index contributed by atoms with van der Waals surface area (Å²) in [4.78, 5) is 38.8. The molecule has 1 fully saturated rings. The summed E-state index contributed by atoms with van der Waals surface area (Å²) < 4.78 is 12.7. The minimum Gasteiger partial charge on any atom is -0.477 e. The predicted molar refractivity (Wildman–Crippen MR) is 163 cm³/mol. The molecule has 4 aromatic rings. The van der Waals surface area contributed by atoms with E-state index in [2.05, 4.69) is 0 Å².